The van der Waals surface area contributed by atoms with Gasteiger partial charge in [0, 0.05) is 4.47 Å². The molecular formula is C9H11BrN2O2. The highest BCUT2D eigenvalue weighted by Gasteiger charge is 2.03. The summed E-state index contributed by atoms with van der Waals surface area (Å²) in [6, 6.07) is 5.56. The van der Waals surface area contributed by atoms with Crippen molar-refractivity contribution in [2.24, 2.45) is 5.84 Å². The van der Waals surface area contributed by atoms with E-state index in [4.69, 9.17) is 10.6 Å². The van der Waals surface area contributed by atoms with E-state index in [0.29, 0.717) is 5.75 Å². The zero-order chi connectivity index (χ0) is 10.6. The van der Waals surface area contributed by atoms with Crippen molar-refractivity contribution in [2.75, 3.05) is 6.61 Å². The first-order valence-electron chi connectivity index (χ1n) is 4.02. The molecule has 0 radical (unpaired) electrons. The highest BCUT2D eigenvalue weighted by Crippen LogP contribution is 2.21. The van der Waals surface area contributed by atoms with Gasteiger partial charge in [0.15, 0.2) is 6.61 Å². The highest BCUT2D eigenvalue weighted by molar-refractivity contribution is 9.10. The molecule has 1 rings (SSSR count). The second-order valence-electron chi connectivity index (χ2n) is 2.77. The van der Waals surface area contributed by atoms with Crippen LogP contribution >= 0.6 is 15.9 Å². The van der Waals surface area contributed by atoms with E-state index < -0.39 is 0 Å². The normalized spacial score (nSPS) is 9.64. The number of nitrogens with one attached hydrogen (secondary N) is 1. The number of nitrogens with two attached hydrogens (primary N) is 1. The van der Waals surface area contributed by atoms with Crippen molar-refractivity contribution >= 4 is 21.8 Å². The summed E-state index contributed by atoms with van der Waals surface area (Å²) in [5, 5.41) is 0. The molecule has 1 aromatic rings. The summed E-state index contributed by atoms with van der Waals surface area (Å²) >= 11 is 3.34. The topological polar surface area (TPSA) is 64.3 Å². The van der Waals surface area contributed by atoms with Crippen molar-refractivity contribution in [2.45, 2.75) is 6.92 Å². The minimum absolute atomic E-state index is 0.0705. The minimum atomic E-state index is -0.354. The summed E-state index contributed by atoms with van der Waals surface area (Å²) in [6.45, 7) is 1.83. The molecule has 1 amide bonds. The molecule has 0 saturated heterocycles. The van der Waals surface area contributed by atoms with Crippen molar-refractivity contribution in [1.82, 2.24) is 5.43 Å². The van der Waals surface area contributed by atoms with Crippen LogP contribution in [-0.2, 0) is 4.79 Å². The molecule has 0 aliphatic rings. The number of hydrogen-bond acceptors (Lipinski definition) is 3. The number of carbonyl (C=O) groups excluding carboxylic acids is 1. The number of aryl methyl sites for hydroxylation is 1. The highest BCUT2D eigenvalue weighted by atomic mass is 79.9. The van der Waals surface area contributed by atoms with E-state index in [2.05, 4.69) is 15.9 Å². The average Bonchev–Trinajstić information content (AvgIpc) is 2.16. The van der Waals surface area contributed by atoms with E-state index >= 15 is 0 Å². The summed E-state index contributed by atoms with van der Waals surface area (Å²) in [5.74, 6) is 5.23. The van der Waals surface area contributed by atoms with Gasteiger partial charge in [-0.15, -0.1) is 0 Å². The number of benzene rings is 1. The van der Waals surface area contributed by atoms with Gasteiger partial charge in [-0.2, -0.15) is 0 Å². The van der Waals surface area contributed by atoms with Gasteiger partial charge in [0.1, 0.15) is 5.75 Å². The second-order valence-corrected chi connectivity index (χ2v) is 3.68. The lowest BCUT2D eigenvalue weighted by Crippen LogP contribution is -2.34. The Bertz CT molecular complexity index is 342. The molecule has 5 heteroatoms. The van der Waals surface area contributed by atoms with Crippen LogP contribution in [0.3, 0.4) is 0 Å². The number of rotatable bonds is 3. The van der Waals surface area contributed by atoms with Crippen molar-refractivity contribution in [3.8, 4) is 5.75 Å². The Kier molecular flexibility index (Phi) is 3.91. The van der Waals surface area contributed by atoms with Crippen LogP contribution in [0.2, 0.25) is 0 Å². The molecule has 3 N–H and O–H groups in total. The summed E-state index contributed by atoms with van der Waals surface area (Å²) in [6.07, 6.45) is 0. The third-order valence-electron chi connectivity index (χ3n) is 1.66. The Morgan fingerprint density at radius 3 is 2.93 bits per heavy atom. The first-order chi connectivity index (χ1) is 6.63. The number of hydrogen-bond donors (Lipinski definition) is 2. The fourth-order valence-electron chi connectivity index (χ4n) is 0.960. The van der Waals surface area contributed by atoms with Gasteiger partial charge < -0.3 is 4.74 Å². The number of ether oxygens (including phenoxy) is 1. The van der Waals surface area contributed by atoms with Crippen LogP contribution in [0.5, 0.6) is 5.75 Å². The molecule has 0 saturated carbocycles. The Morgan fingerprint density at radius 2 is 2.36 bits per heavy atom. The maximum absolute atomic E-state index is 10.8. The first kappa shape index (κ1) is 11.0. The van der Waals surface area contributed by atoms with E-state index in [1.54, 1.807) is 6.07 Å². The van der Waals surface area contributed by atoms with E-state index in [1.165, 1.54) is 0 Å². The molecule has 0 atom stereocenters. The van der Waals surface area contributed by atoms with Gasteiger partial charge in [-0.1, -0.05) is 15.9 Å². The van der Waals surface area contributed by atoms with Crippen molar-refractivity contribution in [3.05, 3.63) is 28.2 Å². The molecule has 0 bridgehead atoms. The zero-order valence-electron chi connectivity index (χ0n) is 7.71. The maximum Gasteiger partial charge on any atom is 0.271 e. The van der Waals surface area contributed by atoms with Gasteiger partial charge in [0.25, 0.3) is 5.91 Å². The monoisotopic (exact) mass is 258 g/mol. The molecule has 0 fully saturated rings. The molecule has 0 aliphatic carbocycles. The summed E-state index contributed by atoms with van der Waals surface area (Å²) in [4.78, 5) is 10.8. The predicted octanol–water partition coefficient (Wildman–Crippen LogP) is 1.13. The van der Waals surface area contributed by atoms with Crippen LogP contribution in [0.25, 0.3) is 0 Å². The summed E-state index contributed by atoms with van der Waals surface area (Å²) in [5.41, 5.74) is 2.96. The van der Waals surface area contributed by atoms with Gasteiger partial charge >= 0.3 is 0 Å². The summed E-state index contributed by atoms with van der Waals surface area (Å²) < 4.78 is 6.21. The molecule has 0 unspecified atom stereocenters. The van der Waals surface area contributed by atoms with Crippen molar-refractivity contribution in [1.29, 1.82) is 0 Å². The smallest absolute Gasteiger partial charge is 0.271 e. The second kappa shape index (κ2) is 4.97. The Balaban J connectivity index is 2.63. The minimum Gasteiger partial charge on any atom is -0.483 e. The van der Waals surface area contributed by atoms with Crippen LogP contribution in [0.1, 0.15) is 5.56 Å². The van der Waals surface area contributed by atoms with Crippen LogP contribution in [-0.4, -0.2) is 12.5 Å². The molecule has 0 spiro atoms. The average molecular weight is 259 g/mol. The third kappa shape index (κ3) is 3.01. The fourth-order valence-corrected chi connectivity index (χ4v) is 1.44. The lowest BCUT2D eigenvalue weighted by molar-refractivity contribution is -0.123. The lowest BCUT2D eigenvalue weighted by Gasteiger charge is -2.07. The number of hydrazine groups is 1. The Labute approximate surface area is 90.5 Å². The van der Waals surface area contributed by atoms with Crippen molar-refractivity contribution in [3.63, 3.8) is 0 Å². The van der Waals surface area contributed by atoms with Gasteiger partial charge in [-0.05, 0) is 30.7 Å². The standard InChI is InChI=1S/C9H11BrN2O2/c1-6-4-7(10)2-3-8(6)14-5-9(13)12-11/h2-4H,5,11H2,1H3,(H,12,13). The third-order valence-corrected chi connectivity index (χ3v) is 2.15. The van der Waals surface area contributed by atoms with E-state index in [0.717, 1.165) is 10.0 Å². The molecule has 1 aromatic carbocycles. The van der Waals surface area contributed by atoms with E-state index in [1.807, 2.05) is 24.5 Å². The Morgan fingerprint density at radius 1 is 1.64 bits per heavy atom. The maximum atomic E-state index is 10.8. The van der Waals surface area contributed by atoms with Crippen LogP contribution in [0, 0.1) is 6.92 Å². The fraction of sp³-hybridized carbons (Fsp3) is 0.222. The quantitative estimate of drug-likeness (QED) is 0.486. The zero-order valence-corrected chi connectivity index (χ0v) is 9.30. The molecule has 0 heterocycles. The number of amides is 1. The lowest BCUT2D eigenvalue weighted by atomic mass is 10.2. The molecule has 0 aromatic heterocycles. The van der Waals surface area contributed by atoms with Gasteiger partial charge in [0.2, 0.25) is 0 Å². The molecular weight excluding hydrogens is 248 g/mol. The largest absolute Gasteiger partial charge is 0.483 e. The summed E-state index contributed by atoms with van der Waals surface area (Å²) in [7, 11) is 0. The number of carbonyl (C=O) groups is 1. The Hall–Kier alpha value is -1.07. The van der Waals surface area contributed by atoms with Crippen LogP contribution in [0.4, 0.5) is 0 Å². The first-order valence-corrected chi connectivity index (χ1v) is 4.81. The van der Waals surface area contributed by atoms with Crippen molar-refractivity contribution < 1.29 is 9.53 Å². The van der Waals surface area contributed by atoms with Gasteiger partial charge in [0.05, 0.1) is 0 Å². The van der Waals surface area contributed by atoms with Gasteiger partial charge in [-0.25, -0.2) is 5.84 Å². The molecule has 4 nitrogen and oxygen atoms in total. The molecule has 76 valence electrons. The SMILES string of the molecule is Cc1cc(Br)ccc1OCC(=O)NN. The van der Waals surface area contributed by atoms with E-state index in [9.17, 15) is 4.79 Å². The van der Waals surface area contributed by atoms with Gasteiger partial charge in [-0.3, -0.25) is 10.2 Å². The molecule has 0 aliphatic heterocycles. The number of halogens is 1. The van der Waals surface area contributed by atoms with Crippen LogP contribution in [0.15, 0.2) is 22.7 Å². The predicted molar refractivity (Wildman–Crippen MR) is 56.7 cm³/mol. The molecule has 14 heavy (non-hydrogen) atoms. The van der Waals surface area contributed by atoms with E-state index in [-0.39, 0.29) is 12.5 Å². The van der Waals surface area contributed by atoms with Crippen LogP contribution < -0.4 is 16.0 Å².